The minimum absolute atomic E-state index is 0.173. The number of nitrogens with one attached hydrogen (secondary N) is 3. The lowest BCUT2D eigenvalue weighted by Gasteiger charge is -2.35. The van der Waals surface area contributed by atoms with Crippen molar-refractivity contribution in [2.45, 2.75) is 84.0 Å². The minimum atomic E-state index is -0.870. The Balaban J connectivity index is 1.56. The standard InChI is InChI=1S/C32H43N5O5/c1-7-9-10-13-28(38)35-29(20(3)4)30(39)34-21(5)31(40)37-16-11-12-27(36-37)32(41)42-22(6)23-14-15-24-19-33-26(8-2)18-25(24)17-23/h7-8,14-15,17-22,27,29,36H,1-2,9-13,16H2,3-6H3,(H,34,39)(H,35,38). The van der Waals surface area contributed by atoms with Gasteiger partial charge in [0.15, 0.2) is 0 Å². The molecule has 0 bridgehead atoms. The van der Waals surface area contributed by atoms with Gasteiger partial charge in [0, 0.05) is 24.5 Å². The highest BCUT2D eigenvalue weighted by atomic mass is 16.5. The summed E-state index contributed by atoms with van der Waals surface area (Å²) in [6.45, 7) is 14.8. The van der Waals surface area contributed by atoms with Crippen molar-refractivity contribution in [2.24, 2.45) is 5.92 Å². The summed E-state index contributed by atoms with van der Waals surface area (Å²) in [5, 5.41) is 8.80. The molecular formula is C32H43N5O5. The number of hydrogen-bond donors (Lipinski definition) is 3. The summed E-state index contributed by atoms with van der Waals surface area (Å²) in [7, 11) is 0. The van der Waals surface area contributed by atoms with E-state index in [1.165, 1.54) is 5.01 Å². The van der Waals surface area contributed by atoms with Crippen LogP contribution in [0.5, 0.6) is 0 Å². The SMILES string of the molecule is C=CCCCC(=O)NC(C(=O)NC(C)C(=O)N1CCCC(C(=O)OC(C)c2ccc3cnc(C=C)cc3c2)N1)C(C)C. The van der Waals surface area contributed by atoms with E-state index in [0.29, 0.717) is 38.6 Å². The van der Waals surface area contributed by atoms with Crippen molar-refractivity contribution in [3.8, 4) is 0 Å². The van der Waals surface area contributed by atoms with Crippen molar-refractivity contribution in [3.05, 3.63) is 61.0 Å². The Hall–Kier alpha value is -4.05. The number of benzene rings is 1. The number of hydrogen-bond acceptors (Lipinski definition) is 7. The quantitative estimate of drug-likeness (QED) is 0.187. The van der Waals surface area contributed by atoms with Crippen LogP contribution in [0, 0.1) is 5.92 Å². The number of allylic oxidation sites excluding steroid dienone is 1. The molecule has 3 amide bonds. The summed E-state index contributed by atoms with van der Waals surface area (Å²) in [4.78, 5) is 55.8. The van der Waals surface area contributed by atoms with E-state index in [1.54, 1.807) is 32.2 Å². The molecule has 2 heterocycles. The van der Waals surface area contributed by atoms with Crippen LogP contribution < -0.4 is 16.1 Å². The molecule has 42 heavy (non-hydrogen) atoms. The Morgan fingerprint density at radius 3 is 2.57 bits per heavy atom. The molecule has 10 nitrogen and oxygen atoms in total. The molecule has 1 aromatic carbocycles. The van der Waals surface area contributed by atoms with Crippen LogP contribution in [0.1, 0.15) is 77.2 Å². The first-order chi connectivity index (χ1) is 20.0. The average molecular weight is 578 g/mol. The van der Waals surface area contributed by atoms with E-state index in [9.17, 15) is 19.2 Å². The van der Waals surface area contributed by atoms with Crippen molar-refractivity contribution in [1.82, 2.24) is 26.1 Å². The predicted molar refractivity (Wildman–Crippen MR) is 163 cm³/mol. The topological polar surface area (TPSA) is 130 Å². The molecule has 0 spiro atoms. The van der Waals surface area contributed by atoms with Gasteiger partial charge in [0.1, 0.15) is 24.2 Å². The largest absolute Gasteiger partial charge is 0.457 e. The molecule has 4 atom stereocenters. The van der Waals surface area contributed by atoms with E-state index < -0.39 is 36.1 Å². The number of pyridine rings is 1. The molecule has 0 aliphatic carbocycles. The van der Waals surface area contributed by atoms with Gasteiger partial charge in [-0.1, -0.05) is 38.6 Å². The molecule has 1 fully saturated rings. The van der Waals surface area contributed by atoms with Gasteiger partial charge >= 0.3 is 5.97 Å². The zero-order chi connectivity index (χ0) is 30.8. The predicted octanol–water partition coefficient (Wildman–Crippen LogP) is 3.98. The van der Waals surface area contributed by atoms with Gasteiger partial charge in [0.25, 0.3) is 5.91 Å². The Labute approximate surface area is 247 Å². The molecule has 1 aromatic heterocycles. The summed E-state index contributed by atoms with van der Waals surface area (Å²) in [5.74, 6) is -1.67. The summed E-state index contributed by atoms with van der Waals surface area (Å²) in [6, 6.07) is 5.37. The second kappa shape index (κ2) is 15.3. The summed E-state index contributed by atoms with van der Waals surface area (Å²) < 4.78 is 5.77. The number of nitrogens with zero attached hydrogens (tertiary/aromatic N) is 2. The van der Waals surface area contributed by atoms with Crippen LogP contribution in [-0.4, -0.2) is 58.4 Å². The third-order valence-electron chi connectivity index (χ3n) is 7.28. The summed E-state index contributed by atoms with van der Waals surface area (Å²) in [6.07, 6.45) is 7.45. The molecule has 2 aromatic rings. The van der Waals surface area contributed by atoms with Gasteiger partial charge in [-0.05, 0) is 74.6 Å². The van der Waals surface area contributed by atoms with Gasteiger partial charge in [-0.25, -0.2) is 5.43 Å². The van der Waals surface area contributed by atoms with Gasteiger partial charge in [-0.3, -0.25) is 29.2 Å². The van der Waals surface area contributed by atoms with E-state index in [2.05, 4.69) is 34.2 Å². The van der Waals surface area contributed by atoms with Crippen LogP contribution in [0.15, 0.2) is 49.7 Å². The van der Waals surface area contributed by atoms with Gasteiger partial charge < -0.3 is 15.4 Å². The molecule has 1 aliphatic rings. The van der Waals surface area contributed by atoms with Crippen molar-refractivity contribution < 1.29 is 23.9 Å². The van der Waals surface area contributed by atoms with Crippen molar-refractivity contribution in [1.29, 1.82) is 0 Å². The van der Waals surface area contributed by atoms with Crippen molar-refractivity contribution in [3.63, 3.8) is 0 Å². The number of ether oxygens (including phenoxy) is 1. The molecule has 0 saturated carbocycles. The number of hydrazine groups is 1. The van der Waals surface area contributed by atoms with E-state index in [-0.39, 0.29) is 17.7 Å². The normalized spacial score (nSPS) is 17.2. The van der Waals surface area contributed by atoms with Gasteiger partial charge in [0.05, 0.1) is 5.69 Å². The Kier molecular flexibility index (Phi) is 11.8. The highest BCUT2D eigenvalue weighted by Gasteiger charge is 2.33. The maximum atomic E-state index is 13.2. The third kappa shape index (κ3) is 8.72. The maximum absolute atomic E-state index is 13.2. The fourth-order valence-electron chi connectivity index (χ4n) is 4.77. The Morgan fingerprint density at radius 1 is 1.12 bits per heavy atom. The fourth-order valence-corrected chi connectivity index (χ4v) is 4.77. The monoisotopic (exact) mass is 577 g/mol. The van der Waals surface area contributed by atoms with Crippen LogP contribution in [0.4, 0.5) is 0 Å². The number of aromatic nitrogens is 1. The van der Waals surface area contributed by atoms with Gasteiger partial charge in [-0.2, -0.15) is 0 Å². The second-order valence-corrected chi connectivity index (χ2v) is 11.0. The molecule has 3 N–H and O–H groups in total. The van der Waals surface area contributed by atoms with E-state index in [1.807, 2.05) is 38.1 Å². The van der Waals surface area contributed by atoms with Crippen LogP contribution in [0.25, 0.3) is 16.8 Å². The van der Waals surface area contributed by atoms with E-state index in [0.717, 1.165) is 22.0 Å². The van der Waals surface area contributed by atoms with Crippen LogP contribution in [0.3, 0.4) is 0 Å². The summed E-state index contributed by atoms with van der Waals surface area (Å²) in [5.41, 5.74) is 4.58. The van der Waals surface area contributed by atoms with E-state index >= 15 is 0 Å². The first-order valence-corrected chi connectivity index (χ1v) is 14.5. The zero-order valence-electron chi connectivity index (χ0n) is 25.0. The van der Waals surface area contributed by atoms with Crippen molar-refractivity contribution in [2.75, 3.05) is 6.54 Å². The maximum Gasteiger partial charge on any atom is 0.325 e. The minimum Gasteiger partial charge on any atom is -0.457 e. The first kappa shape index (κ1) is 32.5. The average Bonchev–Trinajstić information content (AvgIpc) is 2.98. The zero-order valence-corrected chi connectivity index (χ0v) is 25.0. The lowest BCUT2D eigenvalue weighted by atomic mass is 10.0. The highest BCUT2D eigenvalue weighted by molar-refractivity contribution is 5.92. The third-order valence-corrected chi connectivity index (χ3v) is 7.28. The van der Waals surface area contributed by atoms with E-state index in [4.69, 9.17) is 4.74 Å². The first-order valence-electron chi connectivity index (χ1n) is 14.5. The number of carbonyl (C=O) groups is 4. The molecule has 4 unspecified atom stereocenters. The van der Waals surface area contributed by atoms with Crippen LogP contribution in [-0.2, 0) is 23.9 Å². The molecular weight excluding hydrogens is 534 g/mol. The number of esters is 1. The van der Waals surface area contributed by atoms with Gasteiger partial charge in [-0.15, -0.1) is 6.58 Å². The molecule has 1 aliphatic heterocycles. The lowest BCUT2D eigenvalue weighted by Crippen LogP contribution is -2.61. The number of unbranched alkanes of at least 4 members (excludes halogenated alkanes) is 1. The Morgan fingerprint density at radius 2 is 1.88 bits per heavy atom. The molecule has 0 radical (unpaired) electrons. The highest BCUT2D eigenvalue weighted by Crippen LogP contribution is 2.24. The fraction of sp³-hybridized carbons (Fsp3) is 0.469. The van der Waals surface area contributed by atoms with Crippen LogP contribution in [0.2, 0.25) is 0 Å². The number of amides is 3. The van der Waals surface area contributed by atoms with Crippen LogP contribution >= 0.6 is 0 Å². The van der Waals surface area contributed by atoms with Gasteiger partial charge in [0.2, 0.25) is 11.8 Å². The Bertz CT molecular complexity index is 1310. The number of fused-ring (bicyclic) bond motifs is 1. The second-order valence-electron chi connectivity index (χ2n) is 11.0. The number of rotatable bonds is 13. The molecule has 226 valence electrons. The lowest BCUT2D eigenvalue weighted by molar-refractivity contribution is -0.157. The van der Waals surface area contributed by atoms with Crippen molar-refractivity contribution >= 4 is 40.5 Å². The molecule has 3 rings (SSSR count). The molecule has 1 saturated heterocycles. The summed E-state index contributed by atoms with van der Waals surface area (Å²) >= 11 is 0. The smallest absolute Gasteiger partial charge is 0.325 e. The number of carbonyl (C=O) groups excluding carboxylic acids is 4. The molecule has 10 heteroatoms.